The Balaban J connectivity index is 2.09. The first-order valence-electron chi connectivity index (χ1n) is 5.47. The number of nitrogens with one attached hydrogen (secondary N) is 1. The molecule has 0 aliphatic heterocycles. The summed E-state index contributed by atoms with van der Waals surface area (Å²) in [6, 6.07) is 15.6. The number of halogens is 2. The minimum Gasteiger partial charge on any atom is -0.277 e. The highest BCUT2D eigenvalue weighted by atomic mass is 79.9. The fourth-order valence-electron chi connectivity index (χ4n) is 1.39. The first-order valence-corrected chi connectivity index (χ1v) is 6.64. The zero-order valence-corrected chi connectivity index (χ0v) is 12.2. The summed E-state index contributed by atoms with van der Waals surface area (Å²) in [5, 5.41) is 4.58. The summed E-state index contributed by atoms with van der Waals surface area (Å²) in [5.41, 5.74) is 5.91. The van der Waals surface area contributed by atoms with Gasteiger partial charge in [-0.05, 0) is 31.2 Å². The predicted octanol–water partition coefficient (Wildman–Crippen LogP) is 4.77. The molecule has 2 aromatic rings. The van der Waals surface area contributed by atoms with Crippen LogP contribution in [0.2, 0.25) is 0 Å². The molecular formula is C14H12BrClN2. The van der Waals surface area contributed by atoms with Crippen molar-refractivity contribution in [3.05, 3.63) is 64.1 Å². The number of hydrazone groups is 1. The molecule has 0 aliphatic rings. The summed E-state index contributed by atoms with van der Waals surface area (Å²) in [6.07, 6.45) is 0. The topological polar surface area (TPSA) is 24.4 Å². The molecule has 0 amide bonds. The average molecular weight is 324 g/mol. The third-order valence-electron chi connectivity index (χ3n) is 2.42. The third kappa shape index (κ3) is 3.59. The Morgan fingerprint density at radius 1 is 1.06 bits per heavy atom. The summed E-state index contributed by atoms with van der Waals surface area (Å²) in [4.78, 5) is 0. The minimum absolute atomic E-state index is 0.443. The quantitative estimate of drug-likeness (QED) is 0.638. The molecule has 0 atom stereocenters. The summed E-state index contributed by atoms with van der Waals surface area (Å²) in [7, 11) is 0. The largest absolute Gasteiger partial charge is 0.277 e. The number of anilines is 1. The lowest BCUT2D eigenvalue weighted by Crippen LogP contribution is -1.97. The van der Waals surface area contributed by atoms with Crippen LogP contribution >= 0.6 is 27.5 Å². The van der Waals surface area contributed by atoms with Crippen LogP contribution in [0.4, 0.5) is 5.69 Å². The van der Waals surface area contributed by atoms with E-state index in [0.29, 0.717) is 5.17 Å². The number of nitrogens with zero attached hydrogens (tertiary/aromatic N) is 1. The van der Waals surface area contributed by atoms with Gasteiger partial charge in [-0.3, -0.25) is 5.43 Å². The first kappa shape index (κ1) is 13.1. The van der Waals surface area contributed by atoms with Crippen LogP contribution in [0.3, 0.4) is 0 Å². The maximum absolute atomic E-state index is 6.12. The van der Waals surface area contributed by atoms with Gasteiger partial charge in [0.05, 0.1) is 5.69 Å². The van der Waals surface area contributed by atoms with Crippen LogP contribution in [-0.2, 0) is 0 Å². The molecule has 4 heteroatoms. The van der Waals surface area contributed by atoms with Crippen molar-refractivity contribution >= 4 is 38.4 Å². The summed E-state index contributed by atoms with van der Waals surface area (Å²) in [5.74, 6) is 0. The fraction of sp³-hybridized carbons (Fsp3) is 0.0714. The van der Waals surface area contributed by atoms with Crippen molar-refractivity contribution in [3.63, 3.8) is 0 Å². The van der Waals surface area contributed by atoms with Crippen LogP contribution < -0.4 is 5.43 Å². The van der Waals surface area contributed by atoms with E-state index in [1.165, 1.54) is 5.56 Å². The molecule has 92 valence electrons. The SMILES string of the molecule is Cc1ccc(C(Cl)=NNc2ccc(Br)cc2)cc1. The van der Waals surface area contributed by atoms with Gasteiger partial charge in [-0.1, -0.05) is 57.4 Å². The maximum Gasteiger partial charge on any atom is 0.156 e. The Hall–Kier alpha value is -1.32. The summed E-state index contributed by atoms with van der Waals surface area (Å²) >= 11 is 9.50. The Morgan fingerprint density at radius 3 is 2.28 bits per heavy atom. The van der Waals surface area contributed by atoms with Gasteiger partial charge in [-0.25, -0.2) is 0 Å². The Morgan fingerprint density at radius 2 is 1.67 bits per heavy atom. The fourth-order valence-corrected chi connectivity index (χ4v) is 1.83. The number of benzene rings is 2. The van der Waals surface area contributed by atoms with Gasteiger partial charge in [-0.15, -0.1) is 0 Å². The van der Waals surface area contributed by atoms with Gasteiger partial charge in [0.2, 0.25) is 0 Å². The van der Waals surface area contributed by atoms with Gasteiger partial charge in [0.25, 0.3) is 0 Å². The van der Waals surface area contributed by atoms with E-state index in [4.69, 9.17) is 11.6 Å². The molecule has 18 heavy (non-hydrogen) atoms. The second kappa shape index (κ2) is 6.03. The second-order valence-electron chi connectivity index (χ2n) is 3.89. The average Bonchev–Trinajstić information content (AvgIpc) is 2.38. The van der Waals surface area contributed by atoms with E-state index < -0.39 is 0 Å². The Kier molecular flexibility index (Phi) is 4.39. The lowest BCUT2D eigenvalue weighted by molar-refractivity contribution is 1.34. The van der Waals surface area contributed by atoms with E-state index >= 15 is 0 Å². The second-order valence-corrected chi connectivity index (χ2v) is 5.16. The highest BCUT2D eigenvalue weighted by Gasteiger charge is 1.99. The molecule has 0 heterocycles. The smallest absolute Gasteiger partial charge is 0.156 e. The van der Waals surface area contributed by atoms with E-state index in [9.17, 15) is 0 Å². The molecule has 2 nitrogen and oxygen atoms in total. The number of rotatable bonds is 3. The number of hydrogen-bond acceptors (Lipinski definition) is 2. The van der Waals surface area contributed by atoms with E-state index in [1.807, 2.05) is 55.5 Å². The van der Waals surface area contributed by atoms with Gasteiger partial charge >= 0.3 is 0 Å². The van der Waals surface area contributed by atoms with Crippen molar-refractivity contribution in [3.8, 4) is 0 Å². The number of hydrogen-bond donors (Lipinski definition) is 1. The predicted molar refractivity (Wildman–Crippen MR) is 81.3 cm³/mol. The Bertz CT molecular complexity index is 547. The molecule has 0 radical (unpaired) electrons. The van der Waals surface area contributed by atoms with Gasteiger partial charge in [0, 0.05) is 10.0 Å². The normalized spacial score (nSPS) is 11.4. The lowest BCUT2D eigenvalue weighted by atomic mass is 10.2. The molecule has 0 fully saturated rings. The third-order valence-corrected chi connectivity index (χ3v) is 3.25. The van der Waals surface area contributed by atoms with E-state index in [0.717, 1.165) is 15.7 Å². The van der Waals surface area contributed by atoms with Crippen molar-refractivity contribution in [2.45, 2.75) is 6.92 Å². The van der Waals surface area contributed by atoms with Crippen LogP contribution in [0.5, 0.6) is 0 Å². The standard InChI is InChI=1S/C14H12BrClN2/c1-10-2-4-11(5-3-10)14(16)18-17-13-8-6-12(15)7-9-13/h2-9,17H,1H3. The van der Waals surface area contributed by atoms with Crippen molar-refractivity contribution in [1.29, 1.82) is 0 Å². The number of aryl methyl sites for hydroxylation is 1. The lowest BCUT2D eigenvalue weighted by Gasteiger charge is -2.02. The summed E-state index contributed by atoms with van der Waals surface area (Å²) in [6.45, 7) is 2.04. The van der Waals surface area contributed by atoms with Crippen LogP contribution in [-0.4, -0.2) is 5.17 Å². The highest BCUT2D eigenvalue weighted by Crippen LogP contribution is 2.15. The van der Waals surface area contributed by atoms with Gasteiger partial charge in [0.15, 0.2) is 5.17 Å². The van der Waals surface area contributed by atoms with Crippen molar-refractivity contribution in [2.75, 3.05) is 5.43 Å². The van der Waals surface area contributed by atoms with E-state index in [-0.39, 0.29) is 0 Å². The van der Waals surface area contributed by atoms with Crippen molar-refractivity contribution in [1.82, 2.24) is 0 Å². The molecule has 0 bridgehead atoms. The van der Waals surface area contributed by atoms with Crippen molar-refractivity contribution in [2.24, 2.45) is 5.10 Å². The molecular weight excluding hydrogens is 312 g/mol. The monoisotopic (exact) mass is 322 g/mol. The molecule has 0 unspecified atom stereocenters. The molecule has 0 aliphatic carbocycles. The van der Waals surface area contributed by atoms with E-state index in [2.05, 4.69) is 26.5 Å². The van der Waals surface area contributed by atoms with Crippen molar-refractivity contribution < 1.29 is 0 Å². The summed E-state index contributed by atoms with van der Waals surface area (Å²) < 4.78 is 1.03. The zero-order valence-electron chi connectivity index (χ0n) is 9.82. The zero-order chi connectivity index (χ0) is 13.0. The van der Waals surface area contributed by atoms with E-state index in [1.54, 1.807) is 0 Å². The molecule has 0 spiro atoms. The van der Waals surface area contributed by atoms with Crippen LogP contribution in [0.25, 0.3) is 0 Å². The Labute approximate surface area is 120 Å². The van der Waals surface area contributed by atoms with Gasteiger partial charge in [0.1, 0.15) is 0 Å². The molecule has 2 rings (SSSR count). The maximum atomic E-state index is 6.12. The molecule has 1 N–H and O–H groups in total. The molecule has 0 saturated heterocycles. The van der Waals surface area contributed by atoms with Gasteiger partial charge in [-0.2, -0.15) is 5.10 Å². The molecule has 0 aromatic heterocycles. The minimum atomic E-state index is 0.443. The van der Waals surface area contributed by atoms with Gasteiger partial charge < -0.3 is 0 Å². The highest BCUT2D eigenvalue weighted by molar-refractivity contribution is 9.10. The van der Waals surface area contributed by atoms with Crippen LogP contribution in [0.1, 0.15) is 11.1 Å². The molecule has 0 saturated carbocycles. The first-order chi connectivity index (χ1) is 8.65. The van der Waals surface area contributed by atoms with Crippen LogP contribution in [0.15, 0.2) is 58.1 Å². The van der Waals surface area contributed by atoms with Crippen LogP contribution in [0, 0.1) is 6.92 Å². The molecule has 2 aromatic carbocycles.